The molecular weight excluding hydrogens is 450 g/mol. The summed E-state index contributed by atoms with van der Waals surface area (Å²) in [5.41, 5.74) is 0.0254. The fourth-order valence-electron chi connectivity index (χ4n) is 4.40. The molecule has 1 aliphatic heterocycles. The summed E-state index contributed by atoms with van der Waals surface area (Å²) in [6.45, 7) is 6.73. The number of hydrogen-bond donors (Lipinski definition) is 1. The van der Waals surface area contributed by atoms with Gasteiger partial charge in [0.25, 0.3) is 10.0 Å². The predicted octanol–water partition coefficient (Wildman–Crippen LogP) is 4.14. The Morgan fingerprint density at radius 2 is 1.82 bits per heavy atom. The molecule has 1 saturated heterocycles. The van der Waals surface area contributed by atoms with Gasteiger partial charge in [0, 0.05) is 24.0 Å². The van der Waals surface area contributed by atoms with Gasteiger partial charge >= 0.3 is 5.97 Å². The number of nitrogens with zero attached hydrogens (tertiary/aromatic N) is 2. The van der Waals surface area contributed by atoms with E-state index in [2.05, 4.69) is 10.3 Å². The average Bonchev–Trinajstić information content (AvgIpc) is 2.81. The summed E-state index contributed by atoms with van der Waals surface area (Å²) in [4.78, 5) is 18.1. The highest BCUT2D eigenvalue weighted by Crippen LogP contribution is 2.34. The first-order chi connectivity index (χ1) is 16.2. The van der Waals surface area contributed by atoms with E-state index in [0.717, 1.165) is 13.0 Å². The molecule has 34 heavy (non-hydrogen) atoms. The molecule has 1 N–H and O–H groups in total. The van der Waals surface area contributed by atoms with Gasteiger partial charge in [0.1, 0.15) is 16.5 Å². The van der Waals surface area contributed by atoms with E-state index in [1.54, 1.807) is 69.4 Å². The first-order valence-electron chi connectivity index (χ1n) is 11.6. The number of carbonyl (C=O) groups is 1. The molecule has 4 rings (SSSR count). The van der Waals surface area contributed by atoms with Crippen LogP contribution in [0.3, 0.4) is 0 Å². The van der Waals surface area contributed by atoms with Crippen molar-refractivity contribution in [1.82, 2.24) is 10.3 Å². The minimum Gasteiger partial charge on any atom is -0.458 e. The average molecular weight is 482 g/mol. The van der Waals surface area contributed by atoms with Crippen LogP contribution in [0.15, 0.2) is 71.8 Å². The molecule has 2 aromatic carbocycles. The lowest BCUT2D eigenvalue weighted by Crippen LogP contribution is -2.54. The van der Waals surface area contributed by atoms with Crippen molar-refractivity contribution >= 4 is 32.6 Å². The van der Waals surface area contributed by atoms with E-state index in [1.165, 1.54) is 4.31 Å². The number of anilines is 1. The van der Waals surface area contributed by atoms with Crippen LogP contribution in [0.4, 0.5) is 5.69 Å². The molecule has 2 atom stereocenters. The monoisotopic (exact) mass is 481 g/mol. The zero-order chi connectivity index (χ0) is 24.3. The number of benzene rings is 2. The van der Waals surface area contributed by atoms with Crippen LogP contribution in [0, 0.1) is 5.92 Å². The van der Waals surface area contributed by atoms with Crippen molar-refractivity contribution in [1.29, 1.82) is 0 Å². The van der Waals surface area contributed by atoms with E-state index in [0.29, 0.717) is 29.6 Å². The molecule has 1 aliphatic rings. The van der Waals surface area contributed by atoms with Crippen LogP contribution in [-0.4, -0.2) is 44.1 Å². The number of fused-ring (bicyclic) bond motifs is 1. The zero-order valence-corrected chi connectivity index (χ0v) is 20.6. The van der Waals surface area contributed by atoms with Crippen molar-refractivity contribution in [2.75, 3.05) is 17.4 Å². The summed E-state index contributed by atoms with van der Waals surface area (Å²) in [6.07, 6.45) is 3.14. The van der Waals surface area contributed by atoms with Crippen LogP contribution in [0.1, 0.15) is 33.6 Å². The van der Waals surface area contributed by atoms with Crippen LogP contribution in [0.25, 0.3) is 10.9 Å². The molecule has 0 saturated carbocycles. The predicted molar refractivity (Wildman–Crippen MR) is 133 cm³/mol. The van der Waals surface area contributed by atoms with Gasteiger partial charge in [0.15, 0.2) is 0 Å². The van der Waals surface area contributed by atoms with Crippen LogP contribution in [-0.2, 0) is 19.6 Å². The first-order valence-corrected chi connectivity index (χ1v) is 13.0. The highest BCUT2D eigenvalue weighted by Gasteiger charge is 2.44. The summed E-state index contributed by atoms with van der Waals surface area (Å²) in [6, 6.07) is 16.4. The maximum Gasteiger partial charge on any atom is 0.330 e. The Morgan fingerprint density at radius 3 is 2.50 bits per heavy atom. The van der Waals surface area contributed by atoms with E-state index in [4.69, 9.17) is 4.74 Å². The second kappa shape index (κ2) is 9.72. The number of hydrogen-bond acceptors (Lipinski definition) is 6. The summed E-state index contributed by atoms with van der Waals surface area (Å²) >= 11 is 0. The standard InChI is InChI=1S/C26H31N3O4S/c1-26(2,3)33-25(30)24(20-12-8-16-27-18-20)29(21-13-5-4-6-14-21)34(31,32)22-15-7-10-19-11-9-17-28-23(19)22/h4-7,9-11,13-15,17,20,24,27H,8,12,16,18H2,1-3H3. The lowest BCUT2D eigenvalue weighted by atomic mass is 9.91. The number of carbonyl (C=O) groups excluding carboxylic acids is 1. The van der Waals surface area contributed by atoms with Crippen molar-refractivity contribution in [2.45, 2.75) is 50.2 Å². The SMILES string of the molecule is CC(C)(C)OC(=O)C(C1CCCNC1)N(c1ccccc1)S(=O)(=O)c1cccc2cccnc12. The van der Waals surface area contributed by atoms with Gasteiger partial charge in [0.2, 0.25) is 0 Å². The van der Waals surface area contributed by atoms with Crippen LogP contribution in [0.2, 0.25) is 0 Å². The number of nitrogens with one attached hydrogen (secondary N) is 1. The largest absolute Gasteiger partial charge is 0.458 e. The molecule has 7 nitrogen and oxygen atoms in total. The molecule has 1 aromatic heterocycles. The number of piperidine rings is 1. The quantitative estimate of drug-likeness (QED) is 0.533. The third kappa shape index (κ3) is 5.08. The van der Waals surface area contributed by atoms with Crippen LogP contribution in [0.5, 0.6) is 0 Å². The third-order valence-electron chi connectivity index (χ3n) is 5.83. The van der Waals surface area contributed by atoms with Gasteiger partial charge in [-0.05, 0) is 64.4 Å². The van der Waals surface area contributed by atoms with Gasteiger partial charge in [-0.15, -0.1) is 0 Å². The second-order valence-electron chi connectivity index (χ2n) is 9.55. The van der Waals surface area contributed by atoms with Crippen molar-refractivity contribution in [2.24, 2.45) is 5.92 Å². The zero-order valence-electron chi connectivity index (χ0n) is 19.8. The van der Waals surface area contributed by atoms with Crippen molar-refractivity contribution < 1.29 is 17.9 Å². The maximum absolute atomic E-state index is 14.4. The molecule has 0 amide bonds. The number of para-hydroxylation sites is 2. The van der Waals surface area contributed by atoms with Gasteiger partial charge in [-0.2, -0.15) is 0 Å². The Bertz CT molecular complexity index is 1240. The molecule has 0 spiro atoms. The Balaban J connectivity index is 1.92. The van der Waals surface area contributed by atoms with Gasteiger partial charge < -0.3 is 10.1 Å². The molecule has 2 heterocycles. The molecule has 8 heteroatoms. The summed E-state index contributed by atoms with van der Waals surface area (Å²) < 4.78 is 35.8. The number of rotatable bonds is 6. The minimum atomic E-state index is -4.19. The molecule has 0 aliphatic carbocycles. The number of aromatic nitrogens is 1. The number of pyridine rings is 1. The Kier molecular flexibility index (Phi) is 6.91. The molecule has 2 unspecified atom stereocenters. The smallest absolute Gasteiger partial charge is 0.330 e. The van der Waals surface area contributed by atoms with Crippen molar-refractivity contribution in [3.63, 3.8) is 0 Å². The van der Waals surface area contributed by atoms with Gasteiger partial charge in [0.05, 0.1) is 11.2 Å². The van der Waals surface area contributed by atoms with Crippen molar-refractivity contribution in [3.05, 3.63) is 66.9 Å². The van der Waals surface area contributed by atoms with E-state index >= 15 is 0 Å². The molecule has 0 bridgehead atoms. The fraction of sp³-hybridized carbons (Fsp3) is 0.385. The van der Waals surface area contributed by atoms with Gasteiger partial charge in [-0.25, -0.2) is 13.2 Å². The van der Waals surface area contributed by atoms with Gasteiger partial charge in [-0.1, -0.05) is 36.4 Å². The fourth-order valence-corrected chi connectivity index (χ4v) is 6.24. The number of ether oxygens (including phenoxy) is 1. The number of esters is 1. The maximum atomic E-state index is 14.4. The molecule has 1 fully saturated rings. The minimum absolute atomic E-state index is 0.0618. The highest BCUT2D eigenvalue weighted by molar-refractivity contribution is 7.93. The van der Waals surface area contributed by atoms with E-state index in [9.17, 15) is 13.2 Å². The Labute approximate surface area is 201 Å². The summed E-state index contributed by atoms with van der Waals surface area (Å²) in [5.74, 6) is -0.802. The lowest BCUT2D eigenvalue weighted by Gasteiger charge is -2.39. The van der Waals surface area contributed by atoms with Crippen LogP contribution < -0.4 is 9.62 Å². The first kappa shape index (κ1) is 24.2. The van der Waals surface area contributed by atoms with E-state index in [1.807, 2.05) is 18.2 Å². The van der Waals surface area contributed by atoms with Crippen LogP contribution >= 0.6 is 0 Å². The topological polar surface area (TPSA) is 88.6 Å². The third-order valence-corrected chi connectivity index (χ3v) is 7.67. The highest BCUT2D eigenvalue weighted by atomic mass is 32.2. The van der Waals surface area contributed by atoms with E-state index in [-0.39, 0.29) is 10.8 Å². The van der Waals surface area contributed by atoms with Crippen molar-refractivity contribution in [3.8, 4) is 0 Å². The second-order valence-corrected chi connectivity index (χ2v) is 11.3. The summed E-state index contributed by atoms with van der Waals surface area (Å²) in [5, 5.41) is 4.03. The molecule has 180 valence electrons. The van der Waals surface area contributed by atoms with Gasteiger partial charge in [-0.3, -0.25) is 9.29 Å². The number of sulfonamides is 1. The molecule has 3 aromatic rings. The van der Waals surface area contributed by atoms with E-state index < -0.39 is 27.6 Å². The normalized spacial score (nSPS) is 17.8. The Morgan fingerprint density at radius 1 is 1.09 bits per heavy atom. The Hall–Kier alpha value is -2.97. The lowest BCUT2D eigenvalue weighted by molar-refractivity contribution is -0.157. The molecular formula is C26H31N3O4S. The molecule has 0 radical (unpaired) electrons. The summed E-state index contributed by atoms with van der Waals surface area (Å²) in [7, 11) is -4.19.